The van der Waals surface area contributed by atoms with Gasteiger partial charge in [0.25, 0.3) is 5.91 Å². The normalized spacial score (nSPS) is 18.1. The lowest BCUT2D eigenvalue weighted by molar-refractivity contribution is -0.148. The molecule has 0 saturated carbocycles. The molecular weight excluding hydrogens is 360 g/mol. The van der Waals surface area contributed by atoms with E-state index in [9.17, 15) is 14.4 Å². The molecule has 0 spiro atoms. The quantitative estimate of drug-likeness (QED) is 0.811. The van der Waals surface area contributed by atoms with E-state index in [4.69, 9.17) is 21.4 Å². The Morgan fingerprint density at radius 2 is 2.15 bits per heavy atom. The maximum Gasteiger partial charge on any atom is 0.308 e. The summed E-state index contributed by atoms with van der Waals surface area (Å²) in [5, 5.41) is 9.62. The number of carboxylic acid groups (broad SMARTS) is 1. The molecule has 8 heteroatoms. The average Bonchev–Trinajstić information content (AvgIpc) is 2.61. The highest BCUT2D eigenvalue weighted by Gasteiger charge is 2.29. The monoisotopic (exact) mass is 382 g/mol. The van der Waals surface area contributed by atoms with Crippen molar-refractivity contribution in [2.75, 3.05) is 26.7 Å². The van der Waals surface area contributed by atoms with Gasteiger partial charge in [-0.3, -0.25) is 14.4 Å². The molecule has 26 heavy (non-hydrogen) atoms. The van der Waals surface area contributed by atoms with E-state index in [0.717, 1.165) is 0 Å². The van der Waals surface area contributed by atoms with Crippen LogP contribution in [-0.4, -0.2) is 65.5 Å². The van der Waals surface area contributed by atoms with Gasteiger partial charge in [-0.2, -0.15) is 0 Å². The van der Waals surface area contributed by atoms with Crippen molar-refractivity contribution in [1.82, 2.24) is 9.80 Å². The lowest BCUT2D eigenvalue weighted by Crippen LogP contribution is -2.48. The predicted octanol–water partition coefficient (Wildman–Crippen LogP) is 1.89. The summed E-state index contributed by atoms with van der Waals surface area (Å²) in [6.07, 6.45) is 0.437. The largest absolute Gasteiger partial charge is 0.481 e. The van der Waals surface area contributed by atoms with Crippen LogP contribution in [0.5, 0.6) is 5.75 Å². The number of carbonyl (C=O) groups is 3. The van der Waals surface area contributed by atoms with Crippen LogP contribution in [0.2, 0.25) is 5.02 Å². The molecule has 2 unspecified atom stereocenters. The molecule has 142 valence electrons. The summed E-state index contributed by atoms with van der Waals surface area (Å²) in [6, 6.07) is 6.73. The Morgan fingerprint density at radius 1 is 1.42 bits per heavy atom. The molecule has 1 aliphatic rings. The zero-order chi connectivity index (χ0) is 19.3. The van der Waals surface area contributed by atoms with Crippen molar-refractivity contribution >= 4 is 29.4 Å². The van der Waals surface area contributed by atoms with E-state index in [1.807, 2.05) is 0 Å². The number of piperidine rings is 1. The molecule has 2 amide bonds. The Morgan fingerprint density at radius 3 is 2.81 bits per heavy atom. The summed E-state index contributed by atoms with van der Waals surface area (Å²) in [7, 11) is 1.52. The fraction of sp³-hybridized carbons (Fsp3) is 0.500. The minimum absolute atomic E-state index is 0.117. The molecule has 1 aromatic rings. The lowest BCUT2D eigenvalue weighted by atomic mass is 9.98. The van der Waals surface area contributed by atoms with Gasteiger partial charge in [0.1, 0.15) is 5.75 Å². The second-order valence-corrected chi connectivity index (χ2v) is 6.87. The standard InChI is InChI=1S/C18H23ClN2O5/c1-12(26-15-7-3-6-14(19)9-15)17(23)20(2)11-16(22)21-8-4-5-13(10-21)18(24)25/h3,6-7,9,12-13H,4-5,8,10-11H2,1-2H3,(H,24,25). The van der Waals surface area contributed by atoms with Crippen LogP contribution < -0.4 is 4.74 Å². The van der Waals surface area contributed by atoms with E-state index in [0.29, 0.717) is 30.2 Å². The molecule has 1 heterocycles. The molecule has 0 aliphatic carbocycles. The van der Waals surface area contributed by atoms with Crippen LogP contribution in [-0.2, 0) is 14.4 Å². The molecule has 1 aliphatic heterocycles. The van der Waals surface area contributed by atoms with Crippen LogP contribution in [0.4, 0.5) is 0 Å². The van der Waals surface area contributed by atoms with E-state index in [-0.39, 0.29) is 24.9 Å². The van der Waals surface area contributed by atoms with Crippen molar-refractivity contribution in [1.29, 1.82) is 0 Å². The maximum absolute atomic E-state index is 12.4. The van der Waals surface area contributed by atoms with Gasteiger partial charge in [-0.1, -0.05) is 17.7 Å². The minimum Gasteiger partial charge on any atom is -0.481 e. The van der Waals surface area contributed by atoms with Crippen LogP contribution in [0.15, 0.2) is 24.3 Å². The summed E-state index contributed by atoms with van der Waals surface area (Å²) in [5.74, 6) is -1.57. The summed E-state index contributed by atoms with van der Waals surface area (Å²) in [6.45, 7) is 2.18. The first-order valence-electron chi connectivity index (χ1n) is 8.45. The van der Waals surface area contributed by atoms with E-state index < -0.39 is 18.0 Å². The summed E-state index contributed by atoms with van der Waals surface area (Å²) >= 11 is 5.89. The molecule has 0 bridgehead atoms. The molecule has 1 N–H and O–H groups in total. The summed E-state index contributed by atoms with van der Waals surface area (Å²) in [4.78, 5) is 38.7. The Kier molecular flexibility index (Phi) is 6.85. The fourth-order valence-electron chi connectivity index (χ4n) is 2.89. The van der Waals surface area contributed by atoms with Crippen LogP contribution >= 0.6 is 11.6 Å². The summed E-state index contributed by atoms with van der Waals surface area (Å²) in [5.41, 5.74) is 0. The molecule has 1 aromatic carbocycles. The van der Waals surface area contributed by atoms with Crippen molar-refractivity contribution in [2.24, 2.45) is 5.92 Å². The number of likely N-dealkylation sites (N-methyl/N-ethyl adjacent to an activating group) is 1. The zero-order valence-electron chi connectivity index (χ0n) is 14.9. The van der Waals surface area contributed by atoms with Gasteiger partial charge < -0.3 is 19.6 Å². The average molecular weight is 383 g/mol. The fourth-order valence-corrected chi connectivity index (χ4v) is 3.07. The second kappa shape index (κ2) is 8.89. The number of aliphatic carboxylic acids is 1. The van der Waals surface area contributed by atoms with E-state index in [1.54, 1.807) is 31.2 Å². The van der Waals surface area contributed by atoms with Gasteiger partial charge in [0.2, 0.25) is 5.91 Å². The first-order valence-corrected chi connectivity index (χ1v) is 8.83. The number of hydrogen-bond donors (Lipinski definition) is 1. The third-order valence-corrected chi connectivity index (χ3v) is 4.56. The molecular formula is C18H23ClN2O5. The Balaban J connectivity index is 1.89. The molecule has 2 atom stereocenters. The number of benzene rings is 1. The first-order chi connectivity index (χ1) is 12.3. The van der Waals surface area contributed by atoms with Crippen LogP contribution in [0.3, 0.4) is 0 Å². The number of rotatable bonds is 6. The number of ether oxygens (including phenoxy) is 1. The Labute approximate surface area is 157 Å². The predicted molar refractivity (Wildman–Crippen MR) is 96.1 cm³/mol. The lowest BCUT2D eigenvalue weighted by Gasteiger charge is -2.32. The van der Waals surface area contributed by atoms with E-state index in [1.165, 1.54) is 16.8 Å². The number of amides is 2. The van der Waals surface area contributed by atoms with Gasteiger partial charge in [0, 0.05) is 25.2 Å². The van der Waals surface area contributed by atoms with Gasteiger partial charge in [0.15, 0.2) is 6.10 Å². The second-order valence-electron chi connectivity index (χ2n) is 6.43. The van der Waals surface area contributed by atoms with Crippen molar-refractivity contribution in [3.63, 3.8) is 0 Å². The van der Waals surface area contributed by atoms with Gasteiger partial charge in [-0.15, -0.1) is 0 Å². The van der Waals surface area contributed by atoms with Gasteiger partial charge in [-0.05, 0) is 38.0 Å². The molecule has 7 nitrogen and oxygen atoms in total. The van der Waals surface area contributed by atoms with Crippen molar-refractivity contribution < 1.29 is 24.2 Å². The number of nitrogens with zero attached hydrogens (tertiary/aromatic N) is 2. The van der Waals surface area contributed by atoms with Crippen molar-refractivity contribution in [2.45, 2.75) is 25.9 Å². The summed E-state index contributed by atoms with van der Waals surface area (Å²) < 4.78 is 5.58. The number of halogens is 1. The van der Waals surface area contributed by atoms with E-state index >= 15 is 0 Å². The number of hydrogen-bond acceptors (Lipinski definition) is 4. The van der Waals surface area contributed by atoms with E-state index in [2.05, 4.69) is 0 Å². The number of carboxylic acids is 1. The highest BCUT2D eigenvalue weighted by Crippen LogP contribution is 2.19. The molecule has 0 aromatic heterocycles. The van der Waals surface area contributed by atoms with Crippen LogP contribution in [0, 0.1) is 5.92 Å². The zero-order valence-corrected chi connectivity index (χ0v) is 15.6. The van der Waals surface area contributed by atoms with Crippen LogP contribution in [0.1, 0.15) is 19.8 Å². The maximum atomic E-state index is 12.4. The van der Waals surface area contributed by atoms with Gasteiger partial charge >= 0.3 is 5.97 Å². The van der Waals surface area contributed by atoms with Crippen molar-refractivity contribution in [3.05, 3.63) is 29.3 Å². The molecule has 2 rings (SSSR count). The molecule has 1 fully saturated rings. The SMILES string of the molecule is CC(Oc1cccc(Cl)c1)C(=O)N(C)CC(=O)N1CCCC(C(=O)O)C1. The smallest absolute Gasteiger partial charge is 0.308 e. The van der Waals surface area contributed by atoms with Gasteiger partial charge in [-0.25, -0.2) is 0 Å². The van der Waals surface area contributed by atoms with Crippen LogP contribution in [0.25, 0.3) is 0 Å². The Bertz CT molecular complexity index is 681. The highest BCUT2D eigenvalue weighted by atomic mass is 35.5. The Hall–Kier alpha value is -2.28. The molecule has 1 saturated heterocycles. The minimum atomic E-state index is -0.893. The van der Waals surface area contributed by atoms with Gasteiger partial charge in [0.05, 0.1) is 12.5 Å². The molecule has 0 radical (unpaired) electrons. The third kappa shape index (κ3) is 5.36. The number of carbonyl (C=O) groups excluding carboxylic acids is 2. The third-order valence-electron chi connectivity index (χ3n) is 4.33. The highest BCUT2D eigenvalue weighted by molar-refractivity contribution is 6.30. The topological polar surface area (TPSA) is 87.2 Å². The first kappa shape index (κ1) is 20.0. The van der Waals surface area contributed by atoms with Crippen molar-refractivity contribution in [3.8, 4) is 5.75 Å². The number of likely N-dealkylation sites (tertiary alicyclic amines) is 1.